The number of hydrogen-bond donors (Lipinski definition) is 0. The number of aryl methyl sites for hydroxylation is 1. The Labute approximate surface area is 104 Å². The molecule has 92 valence electrons. The highest BCUT2D eigenvalue weighted by atomic mass is 16.5. The zero-order valence-corrected chi connectivity index (χ0v) is 10.0. The van der Waals surface area contributed by atoms with Crippen LogP contribution in [0.3, 0.4) is 0 Å². The fraction of sp³-hybridized carbons (Fsp3) is 0.308. The summed E-state index contributed by atoms with van der Waals surface area (Å²) < 4.78 is 4.96. The van der Waals surface area contributed by atoms with Crippen molar-refractivity contribution in [2.45, 2.75) is 19.3 Å². The van der Waals surface area contributed by atoms with E-state index < -0.39 is 0 Å². The normalized spacial score (nSPS) is 19.5. The molecular formula is C13H13N3O2. The van der Waals surface area contributed by atoms with Gasteiger partial charge in [0.15, 0.2) is 5.82 Å². The quantitative estimate of drug-likeness (QED) is 0.808. The summed E-state index contributed by atoms with van der Waals surface area (Å²) in [5, 5.41) is 3.90. The van der Waals surface area contributed by atoms with Crippen molar-refractivity contribution in [3.63, 3.8) is 0 Å². The van der Waals surface area contributed by atoms with Crippen LogP contribution in [0.2, 0.25) is 0 Å². The van der Waals surface area contributed by atoms with Gasteiger partial charge in [-0.3, -0.25) is 4.79 Å². The zero-order chi connectivity index (χ0) is 12.5. The number of rotatable bonds is 2. The lowest BCUT2D eigenvalue weighted by atomic mass is 10.1. The van der Waals surface area contributed by atoms with Crippen LogP contribution >= 0.6 is 0 Å². The molecule has 1 aliphatic rings. The van der Waals surface area contributed by atoms with Crippen LogP contribution in [0.15, 0.2) is 34.9 Å². The van der Waals surface area contributed by atoms with Crippen LogP contribution in [-0.4, -0.2) is 22.6 Å². The van der Waals surface area contributed by atoms with Gasteiger partial charge >= 0.3 is 0 Å². The van der Waals surface area contributed by atoms with Gasteiger partial charge in [-0.15, -0.1) is 0 Å². The lowest BCUT2D eigenvalue weighted by molar-refractivity contribution is -0.117. The fourth-order valence-corrected chi connectivity index (χ4v) is 2.22. The van der Waals surface area contributed by atoms with Crippen LogP contribution in [0.4, 0.5) is 5.69 Å². The van der Waals surface area contributed by atoms with Gasteiger partial charge in [0.2, 0.25) is 11.8 Å². The van der Waals surface area contributed by atoms with Crippen molar-refractivity contribution in [1.82, 2.24) is 10.1 Å². The minimum Gasteiger partial charge on any atom is -0.340 e. The average molecular weight is 243 g/mol. The van der Waals surface area contributed by atoms with Crippen LogP contribution in [0.25, 0.3) is 0 Å². The Morgan fingerprint density at radius 2 is 2.11 bits per heavy atom. The molecule has 2 heterocycles. The number of para-hydroxylation sites is 1. The maximum absolute atomic E-state index is 12.0. The summed E-state index contributed by atoms with van der Waals surface area (Å²) in [5.74, 6) is 1.29. The van der Waals surface area contributed by atoms with Gasteiger partial charge in [0.25, 0.3) is 0 Å². The lowest BCUT2D eigenvalue weighted by Crippen LogP contribution is -2.24. The van der Waals surface area contributed by atoms with Gasteiger partial charge in [-0.1, -0.05) is 23.4 Å². The van der Waals surface area contributed by atoms with Crippen LogP contribution in [0.5, 0.6) is 0 Å². The summed E-state index contributed by atoms with van der Waals surface area (Å²) in [6, 6.07) is 9.65. The van der Waals surface area contributed by atoms with Crippen molar-refractivity contribution >= 4 is 11.6 Å². The number of carbonyl (C=O) groups excluding carboxylic acids is 1. The molecule has 5 heteroatoms. The van der Waals surface area contributed by atoms with E-state index in [1.165, 1.54) is 0 Å². The highest BCUT2D eigenvalue weighted by molar-refractivity contribution is 5.96. The average Bonchev–Trinajstić information content (AvgIpc) is 2.97. The third-order valence-corrected chi connectivity index (χ3v) is 3.10. The Morgan fingerprint density at radius 1 is 1.33 bits per heavy atom. The van der Waals surface area contributed by atoms with Crippen molar-refractivity contribution in [3.8, 4) is 0 Å². The molecule has 0 bridgehead atoms. The van der Waals surface area contributed by atoms with E-state index in [2.05, 4.69) is 10.1 Å². The molecule has 1 amide bonds. The molecule has 18 heavy (non-hydrogen) atoms. The summed E-state index contributed by atoms with van der Waals surface area (Å²) in [4.78, 5) is 18.0. The molecule has 2 aromatic rings. The highest BCUT2D eigenvalue weighted by Gasteiger charge is 2.34. The largest absolute Gasteiger partial charge is 0.340 e. The molecule has 0 N–H and O–H groups in total. The molecular weight excluding hydrogens is 230 g/mol. The standard InChI is InChI=1S/C13H13N3O2/c1-9-14-13(15-18-9)10-7-12(17)16(8-10)11-5-3-2-4-6-11/h2-6,10H,7-8H2,1H3/t10-/m1/s1. The van der Waals surface area contributed by atoms with Crippen LogP contribution < -0.4 is 4.90 Å². The van der Waals surface area contributed by atoms with Gasteiger partial charge < -0.3 is 9.42 Å². The Hall–Kier alpha value is -2.17. The van der Waals surface area contributed by atoms with E-state index in [0.29, 0.717) is 24.7 Å². The number of carbonyl (C=O) groups is 1. The van der Waals surface area contributed by atoms with Gasteiger partial charge in [-0.25, -0.2) is 0 Å². The predicted molar refractivity (Wildman–Crippen MR) is 65.2 cm³/mol. The molecule has 1 aliphatic heterocycles. The number of hydrogen-bond acceptors (Lipinski definition) is 4. The molecule has 0 aliphatic carbocycles. The van der Waals surface area contributed by atoms with E-state index in [-0.39, 0.29) is 11.8 Å². The molecule has 0 unspecified atom stereocenters. The van der Waals surface area contributed by atoms with Crippen LogP contribution in [0.1, 0.15) is 24.1 Å². The SMILES string of the molecule is Cc1nc([C@@H]2CC(=O)N(c3ccccc3)C2)no1. The summed E-state index contributed by atoms with van der Waals surface area (Å²) in [7, 11) is 0. The van der Waals surface area contributed by atoms with Gasteiger partial charge in [0.05, 0.1) is 0 Å². The van der Waals surface area contributed by atoms with Crippen molar-refractivity contribution in [2.24, 2.45) is 0 Å². The summed E-state index contributed by atoms with van der Waals surface area (Å²) >= 11 is 0. The smallest absolute Gasteiger partial charge is 0.227 e. The first kappa shape index (κ1) is 11.0. The molecule has 0 saturated carbocycles. The van der Waals surface area contributed by atoms with E-state index >= 15 is 0 Å². The first-order chi connectivity index (χ1) is 8.74. The summed E-state index contributed by atoms with van der Waals surface area (Å²) in [6.07, 6.45) is 0.438. The second-order valence-electron chi connectivity index (χ2n) is 4.41. The number of benzene rings is 1. The van der Waals surface area contributed by atoms with Gasteiger partial charge in [-0.05, 0) is 12.1 Å². The molecule has 1 aromatic carbocycles. The Balaban J connectivity index is 1.83. The van der Waals surface area contributed by atoms with E-state index in [1.807, 2.05) is 30.3 Å². The lowest BCUT2D eigenvalue weighted by Gasteiger charge is -2.15. The third-order valence-electron chi connectivity index (χ3n) is 3.10. The van der Waals surface area contributed by atoms with Gasteiger partial charge in [0.1, 0.15) is 0 Å². The van der Waals surface area contributed by atoms with Crippen LogP contribution in [-0.2, 0) is 4.79 Å². The fourth-order valence-electron chi connectivity index (χ4n) is 2.22. The second kappa shape index (κ2) is 4.25. The van der Waals surface area contributed by atoms with Gasteiger partial charge in [0, 0.05) is 31.5 Å². The van der Waals surface area contributed by atoms with Crippen molar-refractivity contribution in [1.29, 1.82) is 0 Å². The minimum absolute atomic E-state index is 0.0233. The van der Waals surface area contributed by atoms with Crippen LogP contribution in [0, 0.1) is 6.92 Å². The second-order valence-corrected chi connectivity index (χ2v) is 4.41. The molecule has 1 aromatic heterocycles. The van der Waals surface area contributed by atoms with Gasteiger partial charge in [-0.2, -0.15) is 4.98 Å². The Bertz CT molecular complexity index is 565. The summed E-state index contributed by atoms with van der Waals surface area (Å²) in [6.45, 7) is 2.37. The topological polar surface area (TPSA) is 59.2 Å². The highest BCUT2D eigenvalue weighted by Crippen LogP contribution is 2.30. The predicted octanol–water partition coefficient (Wildman–Crippen LogP) is 1.90. The zero-order valence-electron chi connectivity index (χ0n) is 10.0. The molecule has 3 rings (SSSR count). The molecule has 1 fully saturated rings. The van der Waals surface area contributed by atoms with Crippen molar-refractivity contribution in [3.05, 3.63) is 42.0 Å². The molecule has 0 radical (unpaired) electrons. The monoisotopic (exact) mass is 243 g/mol. The number of amides is 1. The third kappa shape index (κ3) is 1.88. The maximum Gasteiger partial charge on any atom is 0.227 e. The Kier molecular flexibility index (Phi) is 2.59. The van der Waals surface area contributed by atoms with Crippen molar-refractivity contribution in [2.75, 3.05) is 11.4 Å². The summed E-state index contributed by atoms with van der Waals surface area (Å²) in [5.41, 5.74) is 0.921. The first-order valence-corrected chi connectivity index (χ1v) is 5.89. The van der Waals surface area contributed by atoms with E-state index in [1.54, 1.807) is 11.8 Å². The van der Waals surface area contributed by atoms with E-state index in [4.69, 9.17) is 4.52 Å². The first-order valence-electron chi connectivity index (χ1n) is 5.89. The maximum atomic E-state index is 12.0. The molecule has 1 saturated heterocycles. The number of aromatic nitrogens is 2. The van der Waals surface area contributed by atoms with Crippen molar-refractivity contribution < 1.29 is 9.32 Å². The molecule has 0 spiro atoms. The molecule has 5 nitrogen and oxygen atoms in total. The Morgan fingerprint density at radius 3 is 2.78 bits per heavy atom. The van der Waals surface area contributed by atoms with E-state index in [9.17, 15) is 4.79 Å². The van der Waals surface area contributed by atoms with E-state index in [0.717, 1.165) is 5.69 Å². The number of nitrogens with zero attached hydrogens (tertiary/aromatic N) is 3. The number of anilines is 1. The minimum atomic E-state index is 0.0233. The molecule has 1 atom stereocenters.